The first-order valence-electron chi connectivity index (χ1n) is 3.77. The zero-order valence-electron chi connectivity index (χ0n) is 7.38. The lowest BCUT2D eigenvalue weighted by molar-refractivity contribution is 0.0691. The molecule has 0 amide bonds. The number of carbonyl (C=O) groups is 1. The monoisotopic (exact) mass is 218 g/mol. The van der Waals surface area contributed by atoms with Crippen molar-refractivity contribution in [2.24, 2.45) is 0 Å². The first-order valence-corrected chi connectivity index (χ1v) is 4.14. The number of hydrogen-bond acceptors (Lipinski definition) is 2. The Kier molecular flexibility index (Phi) is 3.43. The average Bonchev–Trinajstić information content (AvgIpc) is 2.11. The summed E-state index contributed by atoms with van der Waals surface area (Å²) in [5, 5.41) is 8.79. The maximum absolute atomic E-state index is 13.4. The van der Waals surface area contributed by atoms with E-state index in [1.807, 2.05) is 0 Å². The van der Waals surface area contributed by atoms with Gasteiger partial charge in [0.2, 0.25) is 0 Å². The first kappa shape index (κ1) is 10.9. The highest BCUT2D eigenvalue weighted by molar-refractivity contribution is 6.31. The molecular weight excluding hydrogens is 211 g/mol. The van der Waals surface area contributed by atoms with E-state index in [9.17, 15) is 9.18 Å². The van der Waals surface area contributed by atoms with Gasteiger partial charge in [-0.2, -0.15) is 0 Å². The van der Waals surface area contributed by atoms with Gasteiger partial charge >= 0.3 is 5.97 Å². The van der Waals surface area contributed by atoms with Crippen molar-refractivity contribution in [3.63, 3.8) is 0 Å². The van der Waals surface area contributed by atoms with Crippen LogP contribution in [0.5, 0.6) is 0 Å². The molecule has 0 radical (unpaired) electrons. The van der Waals surface area contributed by atoms with Gasteiger partial charge in [-0.05, 0) is 12.1 Å². The van der Waals surface area contributed by atoms with Crippen molar-refractivity contribution in [1.82, 2.24) is 0 Å². The predicted molar refractivity (Wildman–Crippen MR) is 49.1 cm³/mol. The second-order valence-electron chi connectivity index (χ2n) is 2.63. The van der Waals surface area contributed by atoms with E-state index in [0.29, 0.717) is 0 Å². The normalized spacial score (nSPS) is 10.2. The second kappa shape index (κ2) is 4.39. The van der Waals surface area contributed by atoms with Gasteiger partial charge in [-0.15, -0.1) is 0 Å². The van der Waals surface area contributed by atoms with Crippen LogP contribution < -0.4 is 0 Å². The molecule has 5 heteroatoms. The van der Waals surface area contributed by atoms with E-state index >= 15 is 0 Å². The molecule has 1 aromatic rings. The number of methoxy groups -OCH3 is 1. The summed E-state index contributed by atoms with van der Waals surface area (Å²) < 4.78 is 18.1. The van der Waals surface area contributed by atoms with E-state index in [0.717, 1.165) is 6.07 Å². The summed E-state index contributed by atoms with van der Waals surface area (Å²) in [5.74, 6) is -2.16. The van der Waals surface area contributed by atoms with Gasteiger partial charge in [-0.3, -0.25) is 0 Å². The summed E-state index contributed by atoms with van der Waals surface area (Å²) >= 11 is 5.67. The molecule has 14 heavy (non-hydrogen) atoms. The molecule has 0 unspecified atom stereocenters. The first-order chi connectivity index (χ1) is 6.57. The number of ether oxygens (including phenoxy) is 1. The van der Waals surface area contributed by atoms with E-state index in [2.05, 4.69) is 0 Å². The standard InChI is InChI=1S/C9H8ClFO3/c1-14-4-6-7(10)3-2-5(8(6)11)9(12)13/h2-3H,4H2,1H3,(H,12,13). The minimum Gasteiger partial charge on any atom is -0.478 e. The predicted octanol–water partition coefficient (Wildman–Crippen LogP) is 2.32. The fraction of sp³-hybridized carbons (Fsp3) is 0.222. The van der Waals surface area contributed by atoms with Crippen LogP contribution in [0.2, 0.25) is 5.02 Å². The second-order valence-corrected chi connectivity index (χ2v) is 3.03. The number of rotatable bonds is 3. The highest BCUT2D eigenvalue weighted by Gasteiger charge is 2.16. The zero-order valence-corrected chi connectivity index (χ0v) is 8.14. The van der Waals surface area contributed by atoms with Crippen LogP contribution in [0.4, 0.5) is 4.39 Å². The lowest BCUT2D eigenvalue weighted by atomic mass is 10.1. The number of benzene rings is 1. The van der Waals surface area contributed by atoms with Crippen molar-refractivity contribution in [2.75, 3.05) is 7.11 Å². The third-order valence-corrected chi connectivity index (χ3v) is 2.06. The van der Waals surface area contributed by atoms with Crippen LogP contribution in [0.3, 0.4) is 0 Å². The molecule has 0 aliphatic heterocycles. The number of carboxylic acids is 1. The van der Waals surface area contributed by atoms with Crippen LogP contribution in [0.25, 0.3) is 0 Å². The summed E-state index contributed by atoms with van der Waals surface area (Å²) in [5.41, 5.74) is -0.337. The molecule has 0 saturated carbocycles. The van der Waals surface area contributed by atoms with E-state index in [1.54, 1.807) is 0 Å². The minimum atomic E-state index is -1.32. The van der Waals surface area contributed by atoms with Crippen molar-refractivity contribution in [2.45, 2.75) is 6.61 Å². The molecule has 0 heterocycles. The Hall–Kier alpha value is -1.13. The van der Waals surface area contributed by atoms with Crippen molar-refractivity contribution >= 4 is 17.6 Å². The molecule has 3 nitrogen and oxygen atoms in total. The Labute approximate surface area is 85.1 Å². The molecule has 0 atom stereocenters. The molecule has 1 aromatic carbocycles. The number of hydrogen-bond donors (Lipinski definition) is 1. The lowest BCUT2D eigenvalue weighted by Gasteiger charge is -2.06. The third kappa shape index (κ3) is 2.02. The van der Waals surface area contributed by atoms with Crippen molar-refractivity contribution in [1.29, 1.82) is 0 Å². The molecule has 0 fully saturated rings. The van der Waals surface area contributed by atoms with Crippen LogP contribution in [-0.2, 0) is 11.3 Å². The minimum absolute atomic E-state index is 0.0498. The fourth-order valence-electron chi connectivity index (χ4n) is 1.04. The molecule has 0 bridgehead atoms. The van der Waals surface area contributed by atoms with E-state index < -0.39 is 17.3 Å². The number of aromatic carboxylic acids is 1. The zero-order chi connectivity index (χ0) is 10.7. The molecule has 1 N–H and O–H groups in total. The molecule has 0 aromatic heterocycles. The smallest absolute Gasteiger partial charge is 0.338 e. The summed E-state index contributed by atoms with van der Waals surface area (Å²) in [6.07, 6.45) is 0. The average molecular weight is 219 g/mol. The highest BCUT2D eigenvalue weighted by atomic mass is 35.5. The molecule has 1 rings (SSSR count). The van der Waals surface area contributed by atoms with E-state index in [1.165, 1.54) is 13.2 Å². The largest absolute Gasteiger partial charge is 0.478 e. The van der Waals surface area contributed by atoms with Gasteiger partial charge < -0.3 is 9.84 Å². The topological polar surface area (TPSA) is 46.5 Å². The van der Waals surface area contributed by atoms with Crippen molar-refractivity contribution < 1.29 is 19.0 Å². The molecule has 0 aliphatic carbocycles. The van der Waals surface area contributed by atoms with E-state index in [4.69, 9.17) is 21.4 Å². The van der Waals surface area contributed by atoms with Crippen LogP contribution in [0, 0.1) is 5.82 Å². The highest BCUT2D eigenvalue weighted by Crippen LogP contribution is 2.23. The van der Waals surface area contributed by atoms with Gasteiger partial charge in [0.05, 0.1) is 12.2 Å². The van der Waals surface area contributed by atoms with Gasteiger partial charge in [0.15, 0.2) is 0 Å². The molecule has 0 spiro atoms. The van der Waals surface area contributed by atoms with Crippen molar-refractivity contribution in [3.05, 3.63) is 34.1 Å². The van der Waals surface area contributed by atoms with E-state index in [-0.39, 0.29) is 17.2 Å². The summed E-state index contributed by atoms with van der Waals surface area (Å²) in [6, 6.07) is 2.46. The molecule has 0 aliphatic rings. The van der Waals surface area contributed by atoms with Gasteiger partial charge in [0, 0.05) is 17.7 Å². The maximum atomic E-state index is 13.4. The van der Waals surface area contributed by atoms with Crippen LogP contribution in [0.15, 0.2) is 12.1 Å². The molecular formula is C9H8ClFO3. The molecule has 76 valence electrons. The SMILES string of the molecule is COCc1c(Cl)ccc(C(=O)O)c1F. The number of halogens is 2. The van der Waals surface area contributed by atoms with Gasteiger partial charge in [0.25, 0.3) is 0 Å². The Morgan fingerprint density at radius 3 is 2.79 bits per heavy atom. The van der Waals surface area contributed by atoms with Gasteiger partial charge in [-0.1, -0.05) is 11.6 Å². The lowest BCUT2D eigenvalue weighted by Crippen LogP contribution is -2.05. The van der Waals surface area contributed by atoms with Crippen molar-refractivity contribution in [3.8, 4) is 0 Å². The Morgan fingerprint density at radius 2 is 2.29 bits per heavy atom. The van der Waals surface area contributed by atoms with Gasteiger partial charge in [-0.25, -0.2) is 9.18 Å². The van der Waals surface area contributed by atoms with Gasteiger partial charge in [0.1, 0.15) is 5.82 Å². The fourth-order valence-corrected chi connectivity index (χ4v) is 1.24. The van der Waals surface area contributed by atoms with Crippen LogP contribution in [-0.4, -0.2) is 18.2 Å². The summed E-state index contributed by atoms with van der Waals surface area (Å²) in [6.45, 7) is -0.0498. The Balaban J connectivity index is 3.26. The maximum Gasteiger partial charge on any atom is 0.338 e. The summed E-state index contributed by atoms with van der Waals surface area (Å²) in [4.78, 5) is 10.6. The third-order valence-electron chi connectivity index (χ3n) is 1.71. The number of carboxylic acid groups (broad SMARTS) is 1. The van der Waals surface area contributed by atoms with Crippen LogP contribution in [0.1, 0.15) is 15.9 Å². The Bertz CT molecular complexity index is 365. The Morgan fingerprint density at radius 1 is 1.64 bits per heavy atom. The summed E-state index contributed by atoms with van der Waals surface area (Å²) in [7, 11) is 1.38. The molecule has 0 saturated heterocycles. The van der Waals surface area contributed by atoms with Crippen LogP contribution >= 0.6 is 11.6 Å². The quantitative estimate of drug-likeness (QED) is 0.847.